The maximum absolute atomic E-state index is 12.5. The van der Waals surface area contributed by atoms with Crippen LogP contribution in [0.25, 0.3) is 11.3 Å². The van der Waals surface area contributed by atoms with Crippen molar-refractivity contribution in [2.75, 3.05) is 17.2 Å². The van der Waals surface area contributed by atoms with Crippen LogP contribution < -0.4 is 15.4 Å². The first-order chi connectivity index (χ1) is 12.9. The molecule has 0 saturated heterocycles. The molecule has 2 heterocycles. The van der Waals surface area contributed by atoms with Gasteiger partial charge in [0.05, 0.1) is 18.6 Å². The Balaban J connectivity index is 1.78. The van der Waals surface area contributed by atoms with Gasteiger partial charge < -0.3 is 19.0 Å². The molecule has 10 heteroatoms. The van der Waals surface area contributed by atoms with Crippen molar-refractivity contribution in [3.8, 4) is 17.1 Å². The van der Waals surface area contributed by atoms with Crippen LogP contribution in [0, 0.1) is 0 Å². The van der Waals surface area contributed by atoms with Crippen LogP contribution in [0.3, 0.4) is 0 Å². The van der Waals surface area contributed by atoms with Crippen LogP contribution in [0.5, 0.6) is 5.75 Å². The summed E-state index contributed by atoms with van der Waals surface area (Å²) < 4.78 is 52.8. The summed E-state index contributed by atoms with van der Waals surface area (Å²) >= 11 is 0. The lowest BCUT2D eigenvalue weighted by molar-refractivity contribution is -0.142. The van der Waals surface area contributed by atoms with E-state index in [2.05, 4.69) is 20.3 Å². The number of urea groups is 1. The molecule has 2 aromatic heterocycles. The van der Waals surface area contributed by atoms with Crippen molar-refractivity contribution in [2.24, 2.45) is 0 Å². The van der Waals surface area contributed by atoms with E-state index < -0.39 is 23.8 Å². The molecule has 0 fully saturated rings. The third kappa shape index (κ3) is 4.40. The molecular formula is C17H14F3N3O4. The SMILES string of the molecule is CCOc1ccc(NC(=O)Nc2cc(C(F)(F)F)no2)c(-c2ccco2)c1. The largest absolute Gasteiger partial charge is 0.494 e. The van der Waals surface area contributed by atoms with E-state index in [0.717, 1.165) is 0 Å². The molecule has 0 spiro atoms. The fourth-order valence-electron chi connectivity index (χ4n) is 2.26. The number of aromatic nitrogens is 1. The van der Waals surface area contributed by atoms with Gasteiger partial charge in [0.25, 0.3) is 0 Å². The number of furan rings is 1. The molecule has 2 N–H and O–H groups in total. The topological polar surface area (TPSA) is 89.5 Å². The van der Waals surface area contributed by atoms with Gasteiger partial charge in [0.2, 0.25) is 5.88 Å². The molecule has 3 rings (SSSR count). The summed E-state index contributed by atoms with van der Waals surface area (Å²) in [6, 6.07) is 8.06. The van der Waals surface area contributed by atoms with Crippen LogP contribution in [-0.2, 0) is 6.18 Å². The van der Waals surface area contributed by atoms with E-state index in [1.165, 1.54) is 6.26 Å². The number of hydrogen-bond donors (Lipinski definition) is 2. The molecule has 0 aliphatic heterocycles. The number of nitrogens with one attached hydrogen (secondary N) is 2. The normalized spacial score (nSPS) is 11.3. The quantitative estimate of drug-likeness (QED) is 0.649. The minimum absolute atomic E-state index is 0.362. The maximum Gasteiger partial charge on any atom is 0.436 e. The number of rotatable bonds is 5. The number of benzene rings is 1. The fraction of sp³-hybridized carbons (Fsp3) is 0.176. The third-order valence-electron chi connectivity index (χ3n) is 3.37. The summed E-state index contributed by atoms with van der Waals surface area (Å²) in [5.41, 5.74) is -0.341. The van der Waals surface area contributed by atoms with Gasteiger partial charge in [-0.25, -0.2) is 4.79 Å². The summed E-state index contributed by atoms with van der Waals surface area (Å²) in [7, 11) is 0. The van der Waals surface area contributed by atoms with E-state index in [0.29, 0.717) is 35.4 Å². The highest BCUT2D eigenvalue weighted by Crippen LogP contribution is 2.33. The van der Waals surface area contributed by atoms with Gasteiger partial charge in [0.15, 0.2) is 5.69 Å². The van der Waals surface area contributed by atoms with Crippen LogP contribution in [0.1, 0.15) is 12.6 Å². The Morgan fingerprint density at radius 1 is 1.22 bits per heavy atom. The Kier molecular flexibility index (Phi) is 5.06. The Bertz CT molecular complexity index is 920. The number of carbonyl (C=O) groups excluding carboxylic acids is 1. The summed E-state index contributed by atoms with van der Waals surface area (Å²) in [6.07, 6.45) is -3.19. The highest BCUT2D eigenvalue weighted by molar-refractivity contribution is 6.01. The second kappa shape index (κ2) is 7.44. The van der Waals surface area contributed by atoms with Crippen molar-refractivity contribution < 1.29 is 31.6 Å². The molecule has 7 nitrogen and oxygen atoms in total. The monoisotopic (exact) mass is 381 g/mol. The molecule has 0 unspecified atom stereocenters. The smallest absolute Gasteiger partial charge is 0.436 e. The zero-order chi connectivity index (χ0) is 19.4. The minimum Gasteiger partial charge on any atom is -0.494 e. The summed E-state index contributed by atoms with van der Waals surface area (Å²) in [5, 5.41) is 7.55. The average molecular weight is 381 g/mol. The highest BCUT2D eigenvalue weighted by atomic mass is 19.4. The second-order valence-corrected chi connectivity index (χ2v) is 5.27. The van der Waals surface area contributed by atoms with Gasteiger partial charge >= 0.3 is 12.2 Å². The number of hydrogen-bond acceptors (Lipinski definition) is 5. The fourth-order valence-corrected chi connectivity index (χ4v) is 2.26. The third-order valence-corrected chi connectivity index (χ3v) is 3.37. The first-order valence-electron chi connectivity index (χ1n) is 7.79. The molecule has 0 atom stereocenters. The Morgan fingerprint density at radius 3 is 2.67 bits per heavy atom. The van der Waals surface area contributed by atoms with E-state index >= 15 is 0 Å². The summed E-state index contributed by atoms with van der Waals surface area (Å²) in [4.78, 5) is 12.1. The second-order valence-electron chi connectivity index (χ2n) is 5.27. The zero-order valence-corrected chi connectivity index (χ0v) is 14.0. The van der Waals surface area contributed by atoms with E-state index in [1.807, 2.05) is 6.92 Å². The number of halogens is 3. The van der Waals surface area contributed by atoms with Gasteiger partial charge in [-0.3, -0.25) is 5.32 Å². The number of ether oxygens (including phenoxy) is 1. The average Bonchev–Trinajstić information content (AvgIpc) is 3.27. The minimum atomic E-state index is -4.67. The molecule has 3 aromatic rings. The van der Waals surface area contributed by atoms with Crippen molar-refractivity contribution in [1.29, 1.82) is 0 Å². The number of anilines is 2. The zero-order valence-electron chi connectivity index (χ0n) is 14.0. The molecule has 0 saturated carbocycles. The lowest BCUT2D eigenvalue weighted by atomic mass is 10.1. The molecule has 0 aliphatic carbocycles. The van der Waals surface area contributed by atoms with Gasteiger partial charge in [-0.2, -0.15) is 13.2 Å². The van der Waals surface area contributed by atoms with E-state index in [9.17, 15) is 18.0 Å². The van der Waals surface area contributed by atoms with Gasteiger partial charge in [0.1, 0.15) is 11.5 Å². The Labute approximate surface area is 151 Å². The first kappa shape index (κ1) is 18.4. The maximum atomic E-state index is 12.5. The molecule has 27 heavy (non-hydrogen) atoms. The number of nitrogens with zero attached hydrogens (tertiary/aromatic N) is 1. The van der Waals surface area contributed by atoms with Crippen LogP contribution in [0.4, 0.5) is 29.5 Å². The van der Waals surface area contributed by atoms with E-state index in [1.54, 1.807) is 30.3 Å². The molecule has 1 aromatic carbocycles. The van der Waals surface area contributed by atoms with Crippen molar-refractivity contribution in [3.63, 3.8) is 0 Å². The first-order valence-corrected chi connectivity index (χ1v) is 7.79. The van der Waals surface area contributed by atoms with Crippen LogP contribution >= 0.6 is 0 Å². The summed E-state index contributed by atoms with van der Waals surface area (Å²) in [6.45, 7) is 2.29. The predicted molar refractivity (Wildman–Crippen MR) is 89.5 cm³/mol. The van der Waals surface area contributed by atoms with E-state index in [-0.39, 0.29) is 0 Å². The Hall–Kier alpha value is -3.43. The number of amides is 2. The van der Waals surface area contributed by atoms with Crippen LogP contribution in [0.15, 0.2) is 51.6 Å². The molecule has 0 radical (unpaired) electrons. The van der Waals surface area contributed by atoms with Crippen molar-refractivity contribution in [1.82, 2.24) is 5.16 Å². The summed E-state index contributed by atoms with van der Waals surface area (Å²) in [5.74, 6) is 0.607. The number of carbonyl (C=O) groups is 1. The predicted octanol–water partition coefficient (Wildman–Crippen LogP) is 5.00. The molecule has 0 bridgehead atoms. The molecule has 0 aliphatic rings. The molecule has 2 amide bonds. The molecular weight excluding hydrogens is 367 g/mol. The van der Waals surface area contributed by atoms with Gasteiger partial charge in [-0.05, 0) is 37.3 Å². The van der Waals surface area contributed by atoms with Gasteiger partial charge in [-0.15, -0.1) is 0 Å². The number of alkyl halides is 3. The van der Waals surface area contributed by atoms with E-state index in [4.69, 9.17) is 9.15 Å². The lowest BCUT2D eigenvalue weighted by Gasteiger charge is -2.12. The van der Waals surface area contributed by atoms with Crippen LogP contribution in [-0.4, -0.2) is 17.8 Å². The van der Waals surface area contributed by atoms with Gasteiger partial charge in [-0.1, -0.05) is 5.16 Å². The standard InChI is InChI=1S/C17H14F3N3O4/c1-2-25-10-5-6-12(11(8-10)13-4-3-7-26-13)21-16(24)22-15-9-14(23-27-15)17(18,19)20/h3-9H,2H2,1H3,(H2,21,22,24). The Morgan fingerprint density at radius 2 is 2.04 bits per heavy atom. The van der Waals surface area contributed by atoms with Crippen LogP contribution in [0.2, 0.25) is 0 Å². The van der Waals surface area contributed by atoms with Crippen molar-refractivity contribution in [3.05, 3.63) is 48.4 Å². The lowest BCUT2D eigenvalue weighted by Crippen LogP contribution is -2.19. The highest BCUT2D eigenvalue weighted by Gasteiger charge is 2.35. The van der Waals surface area contributed by atoms with Crippen molar-refractivity contribution >= 4 is 17.6 Å². The van der Waals surface area contributed by atoms with Crippen molar-refractivity contribution in [2.45, 2.75) is 13.1 Å². The molecule has 142 valence electrons. The van der Waals surface area contributed by atoms with Gasteiger partial charge in [0, 0.05) is 11.6 Å².